The Bertz CT molecular complexity index is 1250. The fraction of sp³-hybridized carbons (Fsp3) is 0.805. The van der Waals surface area contributed by atoms with E-state index in [9.17, 15) is 28.8 Å². The fourth-order valence-electron chi connectivity index (χ4n) is 6.57. The van der Waals surface area contributed by atoms with Gasteiger partial charge in [0, 0.05) is 38.3 Å². The number of amides is 4. The van der Waals surface area contributed by atoms with E-state index < -0.39 is 41.8 Å². The van der Waals surface area contributed by atoms with E-state index in [0.29, 0.717) is 19.3 Å². The van der Waals surface area contributed by atoms with Gasteiger partial charge in [-0.2, -0.15) is 0 Å². The molecule has 57 heavy (non-hydrogen) atoms. The number of hydrogen-bond donors (Lipinski definition) is 8. The summed E-state index contributed by atoms with van der Waals surface area (Å²) in [5.74, 6) is -3.75. The predicted molar refractivity (Wildman–Crippen MR) is 228 cm³/mol. The van der Waals surface area contributed by atoms with Crippen LogP contribution in [0, 0.1) is 11.8 Å². The number of ketones is 2. The van der Waals surface area contributed by atoms with E-state index in [2.05, 4.69) is 32.9 Å². The van der Waals surface area contributed by atoms with E-state index in [1.807, 2.05) is 13.8 Å². The van der Waals surface area contributed by atoms with Crippen LogP contribution in [0.1, 0.15) is 169 Å². The van der Waals surface area contributed by atoms with Gasteiger partial charge in [-0.05, 0) is 57.8 Å². The molecular formula is C41H78N10O6. The van der Waals surface area contributed by atoms with Gasteiger partial charge in [0.25, 0.3) is 0 Å². The van der Waals surface area contributed by atoms with Crippen molar-refractivity contribution in [2.24, 2.45) is 50.5 Å². The first-order valence-electron chi connectivity index (χ1n) is 21.4. The highest BCUT2D eigenvalue weighted by Crippen LogP contribution is 2.19. The van der Waals surface area contributed by atoms with Crippen LogP contribution >= 0.6 is 0 Å². The molecule has 0 aliphatic rings. The van der Waals surface area contributed by atoms with E-state index in [-0.39, 0.29) is 93.3 Å². The molecule has 0 saturated carbocycles. The predicted octanol–water partition coefficient (Wildman–Crippen LogP) is 3.51. The lowest BCUT2D eigenvalue weighted by atomic mass is 9.89. The summed E-state index contributed by atoms with van der Waals surface area (Å²) in [5, 5.41) is 8.40. The molecule has 0 aromatic heterocycles. The highest BCUT2D eigenvalue weighted by atomic mass is 16.2. The summed E-state index contributed by atoms with van der Waals surface area (Å²) in [6.45, 7) is 7.82. The third kappa shape index (κ3) is 29.6. The van der Waals surface area contributed by atoms with Gasteiger partial charge in [-0.15, -0.1) is 0 Å². The number of rotatable bonds is 36. The van der Waals surface area contributed by atoms with Gasteiger partial charge in [0.15, 0.2) is 23.5 Å². The van der Waals surface area contributed by atoms with E-state index >= 15 is 0 Å². The molecule has 0 aromatic rings. The van der Waals surface area contributed by atoms with Crippen LogP contribution in [0.25, 0.3) is 0 Å². The Labute approximate surface area is 341 Å². The van der Waals surface area contributed by atoms with Crippen molar-refractivity contribution in [3.63, 3.8) is 0 Å². The van der Waals surface area contributed by atoms with Gasteiger partial charge in [-0.25, -0.2) is 0 Å². The second-order valence-electron chi connectivity index (χ2n) is 15.7. The third-order valence-corrected chi connectivity index (χ3v) is 9.83. The highest BCUT2D eigenvalue weighted by Gasteiger charge is 2.31. The quantitative estimate of drug-likeness (QED) is 0.0259. The van der Waals surface area contributed by atoms with Crippen molar-refractivity contribution < 1.29 is 28.8 Å². The molecule has 0 fully saturated rings. The standard InChI is InChI=1S/C41H78N10O6/c1-5-6-7-8-9-10-11-12-13-14-15-16-17-22-37(55)49-33(21-19-26-48-41(45)46)39(57)51-34(27-29(2)3)35(53)28-31(20-18-25-47-40(43)44)38(56)50-32(30(4)52)23-24-36(42)54/h29,31-34H,5-28H2,1-4H3,(H2,42,54)(H,49,55)(H,50,56)(H,51,57)(H4,43,44,47)(H4,45,46,48)/t31-,32+,33+,34+/m1/s1. The Morgan fingerprint density at radius 3 is 1.51 bits per heavy atom. The molecule has 0 heterocycles. The molecule has 0 radical (unpaired) electrons. The number of nitrogens with one attached hydrogen (secondary N) is 3. The van der Waals surface area contributed by atoms with Crippen LogP contribution in [0.2, 0.25) is 0 Å². The third-order valence-electron chi connectivity index (χ3n) is 9.83. The first-order valence-corrected chi connectivity index (χ1v) is 21.4. The molecule has 13 N–H and O–H groups in total. The minimum absolute atomic E-state index is 0.00487. The summed E-state index contributed by atoms with van der Waals surface area (Å²) in [7, 11) is 0. The van der Waals surface area contributed by atoms with E-state index in [1.165, 1.54) is 64.7 Å². The number of hydrogen-bond acceptors (Lipinski definition) is 8. The lowest BCUT2D eigenvalue weighted by Crippen LogP contribution is -2.52. The molecule has 4 amide bonds. The number of guanidine groups is 2. The first-order chi connectivity index (χ1) is 27.1. The molecule has 0 saturated heterocycles. The van der Waals surface area contributed by atoms with Crippen molar-refractivity contribution in [2.75, 3.05) is 13.1 Å². The highest BCUT2D eigenvalue weighted by molar-refractivity contribution is 5.95. The lowest BCUT2D eigenvalue weighted by molar-refractivity contribution is -0.134. The zero-order chi connectivity index (χ0) is 43.0. The molecule has 0 aromatic carbocycles. The molecule has 328 valence electrons. The van der Waals surface area contributed by atoms with E-state index in [1.54, 1.807) is 0 Å². The summed E-state index contributed by atoms with van der Waals surface area (Å²) in [5.41, 5.74) is 27.1. The average Bonchev–Trinajstić information content (AvgIpc) is 3.13. The van der Waals surface area contributed by atoms with Crippen LogP contribution in [0.15, 0.2) is 9.98 Å². The average molecular weight is 807 g/mol. The van der Waals surface area contributed by atoms with Crippen LogP contribution in [0.5, 0.6) is 0 Å². The number of nitrogens with two attached hydrogens (primary N) is 5. The van der Waals surface area contributed by atoms with Crippen molar-refractivity contribution in [3.05, 3.63) is 0 Å². The molecule has 16 nitrogen and oxygen atoms in total. The Kier molecular flexibility index (Phi) is 30.4. The van der Waals surface area contributed by atoms with Gasteiger partial charge in [-0.1, -0.05) is 97.8 Å². The maximum Gasteiger partial charge on any atom is 0.243 e. The molecule has 4 atom stereocenters. The summed E-state index contributed by atoms with van der Waals surface area (Å²) in [6.07, 6.45) is 16.9. The molecule has 0 spiro atoms. The van der Waals surface area contributed by atoms with Gasteiger partial charge < -0.3 is 44.6 Å². The second-order valence-corrected chi connectivity index (χ2v) is 15.7. The SMILES string of the molecule is CCCCCCCCCCCCCCCC(=O)N[C@@H](CCCN=C(N)N)C(=O)N[C@@H](CC(C)C)C(=O)C[C@@H](CCCN=C(N)N)C(=O)N[C@@H](CCC(N)=O)C(C)=O. The van der Waals surface area contributed by atoms with Gasteiger partial charge in [0.1, 0.15) is 6.04 Å². The normalized spacial score (nSPS) is 13.1. The number of carbonyl (C=O) groups excluding carboxylic acids is 6. The van der Waals surface area contributed by atoms with E-state index in [0.717, 1.165) is 19.3 Å². The minimum Gasteiger partial charge on any atom is -0.370 e. The molecule has 16 heteroatoms. The second kappa shape index (κ2) is 32.8. The molecule has 0 aliphatic heterocycles. The lowest BCUT2D eigenvalue weighted by Gasteiger charge is -2.26. The number of nitrogens with zero attached hydrogens (tertiary/aromatic N) is 2. The van der Waals surface area contributed by atoms with Crippen LogP contribution in [0.4, 0.5) is 0 Å². The van der Waals surface area contributed by atoms with Gasteiger partial charge in [-0.3, -0.25) is 38.8 Å². The Hall–Kier alpha value is -4.24. The summed E-state index contributed by atoms with van der Waals surface area (Å²) in [4.78, 5) is 85.9. The summed E-state index contributed by atoms with van der Waals surface area (Å²) in [6, 6.07) is -2.85. The summed E-state index contributed by atoms with van der Waals surface area (Å²) >= 11 is 0. The van der Waals surface area contributed by atoms with Crippen molar-refractivity contribution in [1.29, 1.82) is 0 Å². The van der Waals surface area contributed by atoms with Crippen LogP contribution < -0.4 is 44.6 Å². The van der Waals surface area contributed by atoms with Crippen molar-refractivity contribution in [3.8, 4) is 0 Å². The maximum absolute atomic E-state index is 13.9. The molecule has 0 aliphatic carbocycles. The topological polar surface area (TPSA) is 293 Å². The largest absolute Gasteiger partial charge is 0.370 e. The Morgan fingerprint density at radius 1 is 0.544 bits per heavy atom. The molecule has 0 unspecified atom stereocenters. The van der Waals surface area contributed by atoms with Crippen molar-refractivity contribution in [1.82, 2.24) is 16.0 Å². The maximum atomic E-state index is 13.9. The summed E-state index contributed by atoms with van der Waals surface area (Å²) < 4.78 is 0. The van der Waals surface area contributed by atoms with Crippen molar-refractivity contribution in [2.45, 2.75) is 187 Å². The molecule has 0 bridgehead atoms. The fourth-order valence-corrected chi connectivity index (χ4v) is 6.57. The van der Waals surface area contributed by atoms with E-state index in [4.69, 9.17) is 28.7 Å². The number of aliphatic imine (C=N–C) groups is 2. The zero-order valence-corrected chi connectivity index (χ0v) is 35.6. The number of Topliss-reactive ketones (excluding diaryl/α,β-unsaturated/α-hetero) is 2. The van der Waals surface area contributed by atoms with Gasteiger partial charge >= 0.3 is 0 Å². The van der Waals surface area contributed by atoms with Crippen molar-refractivity contribution >= 4 is 47.1 Å². The van der Waals surface area contributed by atoms with Gasteiger partial charge in [0.05, 0.1) is 12.1 Å². The van der Waals surface area contributed by atoms with Crippen LogP contribution in [0.3, 0.4) is 0 Å². The first kappa shape index (κ1) is 52.8. The number of carbonyl (C=O) groups is 6. The zero-order valence-electron chi connectivity index (χ0n) is 35.6. The van der Waals surface area contributed by atoms with Gasteiger partial charge in [0.2, 0.25) is 23.6 Å². The Balaban J connectivity index is 5.60. The monoisotopic (exact) mass is 807 g/mol. The van der Waals surface area contributed by atoms with Crippen LogP contribution in [-0.2, 0) is 28.8 Å². The van der Waals surface area contributed by atoms with Crippen LogP contribution in [-0.4, -0.2) is 78.3 Å². The molecule has 0 rings (SSSR count). The Morgan fingerprint density at radius 2 is 1.04 bits per heavy atom. The minimum atomic E-state index is -0.963. The smallest absolute Gasteiger partial charge is 0.243 e. The molecular weight excluding hydrogens is 729 g/mol. The number of primary amides is 1. The number of unbranched alkanes of at least 4 members (excludes halogenated alkanes) is 12.